The molecule has 3 heteroatoms. The Bertz CT molecular complexity index is 297. The molecule has 1 atom stereocenters. The van der Waals surface area contributed by atoms with Crippen LogP contribution >= 0.6 is 0 Å². The lowest BCUT2D eigenvalue weighted by Crippen LogP contribution is -2.44. The van der Waals surface area contributed by atoms with E-state index in [1.807, 2.05) is 30.3 Å². The molecule has 1 unspecified atom stereocenters. The molecule has 1 aliphatic rings. The molecule has 3 N–H and O–H groups in total. The number of nitrogens with two attached hydrogens (primary N) is 1. The zero-order valence-electron chi connectivity index (χ0n) is 6.53. The van der Waals surface area contributed by atoms with Gasteiger partial charge in [0.1, 0.15) is 11.9 Å². The van der Waals surface area contributed by atoms with E-state index in [2.05, 4.69) is 5.48 Å². The van der Waals surface area contributed by atoms with Crippen LogP contribution in [0.15, 0.2) is 42.7 Å². The van der Waals surface area contributed by atoms with Gasteiger partial charge in [0.25, 0.3) is 0 Å². The number of nitrogens with one attached hydrogen (secondary N) is 1. The third-order valence-corrected chi connectivity index (χ3v) is 1.88. The first-order valence-corrected chi connectivity index (χ1v) is 3.76. The van der Waals surface area contributed by atoms with Crippen molar-refractivity contribution in [1.82, 2.24) is 5.48 Å². The highest BCUT2D eigenvalue weighted by atomic mass is 16.6. The Morgan fingerprint density at radius 1 is 1.25 bits per heavy atom. The quantitative estimate of drug-likeness (QED) is 0.643. The lowest BCUT2D eigenvalue weighted by atomic mass is 10.0. The fourth-order valence-electron chi connectivity index (χ4n) is 1.18. The van der Waals surface area contributed by atoms with Crippen LogP contribution in [0.3, 0.4) is 0 Å². The Morgan fingerprint density at radius 2 is 2.00 bits per heavy atom. The first kappa shape index (κ1) is 7.34. The van der Waals surface area contributed by atoms with Gasteiger partial charge in [-0.25, -0.2) is 0 Å². The Kier molecular flexibility index (Phi) is 1.60. The maximum absolute atomic E-state index is 5.96. The summed E-state index contributed by atoms with van der Waals surface area (Å²) in [6.45, 7) is 0. The average Bonchev–Trinajstić information content (AvgIpc) is 2.55. The predicted octanol–water partition coefficient (Wildman–Crippen LogP) is 0.847. The zero-order valence-corrected chi connectivity index (χ0v) is 6.53. The highest BCUT2D eigenvalue weighted by molar-refractivity contribution is 5.28. The molecule has 0 spiro atoms. The number of hydrogen-bond acceptors (Lipinski definition) is 3. The zero-order chi connectivity index (χ0) is 8.44. The van der Waals surface area contributed by atoms with Gasteiger partial charge in [0.05, 0.1) is 0 Å². The first-order valence-electron chi connectivity index (χ1n) is 3.76. The highest BCUT2D eigenvalue weighted by Crippen LogP contribution is 2.19. The van der Waals surface area contributed by atoms with Crippen molar-refractivity contribution < 1.29 is 4.84 Å². The molecule has 0 aromatic heterocycles. The van der Waals surface area contributed by atoms with Crippen LogP contribution < -0.4 is 11.2 Å². The maximum Gasteiger partial charge on any atom is 0.148 e. The van der Waals surface area contributed by atoms with Gasteiger partial charge >= 0.3 is 0 Å². The predicted molar refractivity (Wildman–Crippen MR) is 45.7 cm³/mol. The van der Waals surface area contributed by atoms with Gasteiger partial charge in [-0.1, -0.05) is 30.3 Å². The molecule has 2 rings (SSSR count). The SMILES string of the molecule is NC1(c2ccccc2)C=CON1. The van der Waals surface area contributed by atoms with Crippen LogP contribution in [0.2, 0.25) is 0 Å². The van der Waals surface area contributed by atoms with Crippen molar-refractivity contribution in [2.24, 2.45) is 5.73 Å². The standard InChI is InChI=1S/C9H10N2O/c10-9(6-7-12-11-9)8-4-2-1-3-5-8/h1-7,11H,10H2. The van der Waals surface area contributed by atoms with Crippen molar-refractivity contribution in [2.75, 3.05) is 0 Å². The molecular formula is C9H10N2O. The van der Waals surface area contributed by atoms with Crippen LogP contribution in [-0.2, 0) is 10.5 Å². The summed E-state index contributed by atoms with van der Waals surface area (Å²) in [6, 6.07) is 9.74. The van der Waals surface area contributed by atoms with Crippen molar-refractivity contribution in [1.29, 1.82) is 0 Å². The van der Waals surface area contributed by atoms with Gasteiger partial charge < -0.3 is 10.6 Å². The topological polar surface area (TPSA) is 47.3 Å². The fourth-order valence-corrected chi connectivity index (χ4v) is 1.18. The van der Waals surface area contributed by atoms with E-state index >= 15 is 0 Å². The molecule has 0 amide bonds. The van der Waals surface area contributed by atoms with E-state index in [-0.39, 0.29) is 0 Å². The third kappa shape index (κ3) is 1.09. The van der Waals surface area contributed by atoms with Gasteiger partial charge in [0.15, 0.2) is 0 Å². The highest BCUT2D eigenvalue weighted by Gasteiger charge is 2.27. The first-order chi connectivity index (χ1) is 5.81. The van der Waals surface area contributed by atoms with Gasteiger partial charge in [-0.3, -0.25) is 0 Å². The molecule has 1 heterocycles. The minimum absolute atomic E-state index is 0.665. The van der Waals surface area contributed by atoms with Crippen molar-refractivity contribution in [3.63, 3.8) is 0 Å². The molecule has 3 nitrogen and oxygen atoms in total. The molecule has 0 radical (unpaired) electrons. The molecule has 0 bridgehead atoms. The van der Waals surface area contributed by atoms with E-state index in [0.29, 0.717) is 0 Å². The van der Waals surface area contributed by atoms with E-state index in [1.165, 1.54) is 0 Å². The van der Waals surface area contributed by atoms with Gasteiger partial charge in [-0.2, -0.15) is 0 Å². The second-order valence-electron chi connectivity index (χ2n) is 2.76. The number of rotatable bonds is 1. The molecule has 1 aliphatic heterocycles. The summed E-state index contributed by atoms with van der Waals surface area (Å²) in [5.74, 6) is 0. The lowest BCUT2D eigenvalue weighted by molar-refractivity contribution is 0.1000. The van der Waals surface area contributed by atoms with Crippen molar-refractivity contribution in [3.05, 3.63) is 48.2 Å². The van der Waals surface area contributed by atoms with Crippen molar-refractivity contribution in [3.8, 4) is 0 Å². The van der Waals surface area contributed by atoms with Crippen LogP contribution in [0.4, 0.5) is 0 Å². The summed E-state index contributed by atoms with van der Waals surface area (Å²) in [7, 11) is 0. The molecule has 1 aromatic rings. The lowest BCUT2D eigenvalue weighted by Gasteiger charge is -2.20. The van der Waals surface area contributed by atoms with Crippen molar-refractivity contribution >= 4 is 0 Å². The molecule has 0 aliphatic carbocycles. The second-order valence-corrected chi connectivity index (χ2v) is 2.76. The van der Waals surface area contributed by atoms with E-state index in [0.717, 1.165) is 5.56 Å². The van der Waals surface area contributed by atoms with Gasteiger partial charge in [-0.05, 0) is 11.6 Å². The average molecular weight is 162 g/mol. The summed E-state index contributed by atoms with van der Waals surface area (Å²) in [6.07, 6.45) is 3.33. The van der Waals surface area contributed by atoms with Gasteiger partial charge in [-0.15, -0.1) is 5.48 Å². The minimum Gasteiger partial charge on any atom is -0.414 e. The monoisotopic (exact) mass is 162 g/mol. The molecule has 12 heavy (non-hydrogen) atoms. The Hall–Kier alpha value is -1.32. The third-order valence-electron chi connectivity index (χ3n) is 1.88. The number of hydroxylamine groups is 1. The molecule has 1 aromatic carbocycles. The van der Waals surface area contributed by atoms with E-state index < -0.39 is 5.66 Å². The summed E-state index contributed by atoms with van der Waals surface area (Å²) < 4.78 is 0. The normalized spacial score (nSPS) is 27.1. The summed E-state index contributed by atoms with van der Waals surface area (Å²) >= 11 is 0. The molecule has 0 saturated carbocycles. The second kappa shape index (κ2) is 2.62. The van der Waals surface area contributed by atoms with E-state index in [4.69, 9.17) is 10.6 Å². The number of benzene rings is 1. The largest absolute Gasteiger partial charge is 0.414 e. The van der Waals surface area contributed by atoms with Crippen LogP contribution in [0.5, 0.6) is 0 Å². The molecule has 62 valence electrons. The van der Waals surface area contributed by atoms with Crippen molar-refractivity contribution in [2.45, 2.75) is 5.66 Å². The van der Waals surface area contributed by atoms with Crippen LogP contribution in [0.25, 0.3) is 0 Å². The smallest absolute Gasteiger partial charge is 0.148 e. The summed E-state index contributed by atoms with van der Waals surface area (Å²) in [4.78, 5) is 4.86. The van der Waals surface area contributed by atoms with Crippen LogP contribution in [0, 0.1) is 0 Å². The van der Waals surface area contributed by atoms with E-state index in [9.17, 15) is 0 Å². The number of hydrogen-bond donors (Lipinski definition) is 2. The van der Waals surface area contributed by atoms with Gasteiger partial charge in [0, 0.05) is 0 Å². The Morgan fingerprint density at radius 3 is 2.58 bits per heavy atom. The summed E-state index contributed by atoms with van der Waals surface area (Å²) in [5.41, 5.74) is 8.99. The molecular weight excluding hydrogens is 152 g/mol. The Balaban J connectivity index is 2.36. The fraction of sp³-hybridized carbons (Fsp3) is 0.111. The maximum atomic E-state index is 5.96. The summed E-state index contributed by atoms with van der Waals surface area (Å²) in [5, 5.41) is 0. The molecule has 0 saturated heterocycles. The van der Waals surface area contributed by atoms with Crippen LogP contribution in [0.1, 0.15) is 5.56 Å². The van der Waals surface area contributed by atoms with E-state index in [1.54, 1.807) is 12.3 Å². The molecule has 0 fully saturated rings. The van der Waals surface area contributed by atoms with Gasteiger partial charge in [0.2, 0.25) is 0 Å². The Labute approximate surface area is 70.8 Å². The minimum atomic E-state index is -0.665. The van der Waals surface area contributed by atoms with Crippen LogP contribution in [-0.4, -0.2) is 0 Å².